The Balaban J connectivity index is 1.94. The molecule has 0 aliphatic heterocycles. The standard InChI is InChI=1S/C19H11ClF4O6S/c20-15-7-14(31(27,28)19(22,23)24)8-16(21)18(15)30-13-4-2-10-1-3-12(5-11(10)6-13)29-9-17(25)26/h1-8H,9H2,(H,25,26). The second-order valence-electron chi connectivity index (χ2n) is 6.12. The van der Waals surface area contributed by atoms with Gasteiger partial charge in [0.25, 0.3) is 9.84 Å². The van der Waals surface area contributed by atoms with Crippen LogP contribution in [0.3, 0.4) is 0 Å². The van der Waals surface area contributed by atoms with Crippen LogP contribution in [-0.2, 0) is 14.6 Å². The van der Waals surface area contributed by atoms with Gasteiger partial charge in [0.1, 0.15) is 11.5 Å². The van der Waals surface area contributed by atoms with E-state index in [0.29, 0.717) is 16.8 Å². The Morgan fingerprint density at radius 2 is 1.61 bits per heavy atom. The fraction of sp³-hybridized carbons (Fsp3) is 0.105. The van der Waals surface area contributed by atoms with E-state index >= 15 is 0 Å². The molecule has 0 bridgehead atoms. The summed E-state index contributed by atoms with van der Waals surface area (Å²) in [6.45, 7) is -0.560. The Morgan fingerprint density at radius 3 is 2.19 bits per heavy atom. The van der Waals surface area contributed by atoms with E-state index in [1.54, 1.807) is 18.2 Å². The molecule has 0 aromatic heterocycles. The average Bonchev–Trinajstić information content (AvgIpc) is 2.67. The predicted molar refractivity (Wildman–Crippen MR) is 102 cm³/mol. The number of carbonyl (C=O) groups is 1. The van der Waals surface area contributed by atoms with Gasteiger partial charge >= 0.3 is 11.5 Å². The van der Waals surface area contributed by atoms with E-state index in [0.717, 1.165) is 0 Å². The van der Waals surface area contributed by atoms with E-state index in [-0.39, 0.29) is 17.6 Å². The summed E-state index contributed by atoms with van der Waals surface area (Å²) in [6.07, 6.45) is 0. The number of hydrogen-bond acceptors (Lipinski definition) is 5. The summed E-state index contributed by atoms with van der Waals surface area (Å²) in [6, 6.07) is 9.74. The summed E-state index contributed by atoms with van der Waals surface area (Å²) in [5, 5.41) is 9.21. The third kappa shape index (κ3) is 4.83. The molecule has 1 N–H and O–H groups in total. The molecule has 0 aliphatic carbocycles. The van der Waals surface area contributed by atoms with Crippen LogP contribution in [-0.4, -0.2) is 31.6 Å². The summed E-state index contributed by atoms with van der Waals surface area (Å²) in [5.41, 5.74) is -5.62. The van der Waals surface area contributed by atoms with Crippen LogP contribution in [0.2, 0.25) is 5.02 Å². The lowest BCUT2D eigenvalue weighted by atomic mass is 10.1. The van der Waals surface area contributed by atoms with Crippen LogP contribution in [0.4, 0.5) is 17.6 Å². The molecular formula is C19H11ClF4O6S. The van der Waals surface area contributed by atoms with Gasteiger partial charge in [-0.05, 0) is 47.2 Å². The number of carboxylic acid groups (broad SMARTS) is 1. The van der Waals surface area contributed by atoms with Gasteiger partial charge in [-0.3, -0.25) is 0 Å². The summed E-state index contributed by atoms with van der Waals surface area (Å²) >= 11 is 5.78. The molecule has 0 radical (unpaired) electrons. The van der Waals surface area contributed by atoms with Crippen LogP contribution in [0.5, 0.6) is 17.2 Å². The minimum Gasteiger partial charge on any atom is -0.482 e. The number of aliphatic carboxylic acids is 1. The first kappa shape index (κ1) is 22.6. The van der Waals surface area contributed by atoms with E-state index < -0.39 is 49.4 Å². The first-order valence-electron chi connectivity index (χ1n) is 8.25. The van der Waals surface area contributed by atoms with E-state index in [4.69, 9.17) is 26.2 Å². The van der Waals surface area contributed by atoms with E-state index in [2.05, 4.69) is 0 Å². The lowest BCUT2D eigenvalue weighted by molar-refractivity contribution is -0.139. The fourth-order valence-electron chi connectivity index (χ4n) is 2.54. The van der Waals surface area contributed by atoms with Crippen molar-refractivity contribution in [1.29, 1.82) is 0 Å². The molecule has 0 unspecified atom stereocenters. The normalized spacial score (nSPS) is 12.0. The number of hydrogen-bond donors (Lipinski definition) is 1. The zero-order valence-electron chi connectivity index (χ0n) is 15.1. The Kier molecular flexibility index (Phi) is 6.01. The summed E-state index contributed by atoms with van der Waals surface area (Å²) in [7, 11) is -5.79. The number of sulfone groups is 1. The van der Waals surface area contributed by atoms with Gasteiger partial charge in [0.2, 0.25) is 0 Å². The third-order valence-corrected chi connectivity index (χ3v) is 5.70. The Labute approximate surface area is 177 Å². The van der Waals surface area contributed by atoms with Crippen LogP contribution in [0.1, 0.15) is 0 Å². The smallest absolute Gasteiger partial charge is 0.482 e. The van der Waals surface area contributed by atoms with Crippen molar-refractivity contribution in [3.8, 4) is 17.2 Å². The lowest BCUT2D eigenvalue weighted by Gasteiger charge is -2.13. The topological polar surface area (TPSA) is 89.9 Å². The van der Waals surface area contributed by atoms with Gasteiger partial charge in [-0.2, -0.15) is 13.2 Å². The van der Waals surface area contributed by atoms with Crippen LogP contribution in [0, 0.1) is 5.82 Å². The van der Waals surface area contributed by atoms with Crippen molar-refractivity contribution >= 4 is 38.2 Å². The Hall–Kier alpha value is -3.05. The molecule has 0 heterocycles. The number of carboxylic acids is 1. The molecule has 6 nitrogen and oxygen atoms in total. The fourth-order valence-corrected chi connectivity index (χ4v) is 3.65. The van der Waals surface area contributed by atoms with Crippen molar-refractivity contribution in [2.45, 2.75) is 10.4 Å². The predicted octanol–water partition coefficient (Wildman–Crippen LogP) is 5.18. The highest BCUT2D eigenvalue weighted by Gasteiger charge is 2.47. The van der Waals surface area contributed by atoms with Crippen LogP contribution >= 0.6 is 11.6 Å². The van der Waals surface area contributed by atoms with Crippen molar-refractivity contribution in [3.63, 3.8) is 0 Å². The zero-order valence-corrected chi connectivity index (χ0v) is 16.7. The molecule has 0 saturated heterocycles. The highest BCUT2D eigenvalue weighted by atomic mass is 35.5. The molecule has 0 amide bonds. The maximum Gasteiger partial charge on any atom is 0.501 e. The van der Waals surface area contributed by atoms with Crippen LogP contribution < -0.4 is 9.47 Å². The van der Waals surface area contributed by atoms with Crippen molar-refractivity contribution in [2.24, 2.45) is 0 Å². The molecule has 0 aliphatic rings. The van der Waals surface area contributed by atoms with Crippen LogP contribution in [0.25, 0.3) is 10.8 Å². The second kappa shape index (κ2) is 8.23. The van der Waals surface area contributed by atoms with E-state index in [9.17, 15) is 30.8 Å². The molecule has 31 heavy (non-hydrogen) atoms. The zero-order chi connectivity index (χ0) is 23.0. The molecule has 0 fully saturated rings. The van der Waals surface area contributed by atoms with Gasteiger partial charge in [0.05, 0.1) is 9.92 Å². The summed E-state index contributed by atoms with van der Waals surface area (Å²) in [5.74, 6) is -2.96. The molecule has 0 saturated carbocycles. The highest BCUT2D eigenvalue weighted by molar-refractivity contribution is 7.92. The van der Waals surface area contributed by atoms with Crippen LogP contribution in [0.15, 0.2) is 53.4 Å². The minimum atomic E-state index is -5.79. The van der Waals surface area contributed by atoms with E-state index in [1.807, 2.05) is 0 Å². The number of benzene rings is 3. The number of alkyl halides is 3. The molecule has 3 rings (SSSR count). The van der Waals surface area contributed by atoms with Crippen molar-refractivity contribution in [2.75, 3.05) is 6.61 Å². The minimum absolute atomic E-state index is 0.0371. The van der Waals surface area contributed by atoms with Gasteiger partial charge in [-0.15, -0.1) is 0 Å². The summed E-state index contributed by atoms with van der Waals surface area (Å²) in [4.78, 5) is 9.25. The maximum atomic E-state index is 14.4. The second-order valence-corrected chi connectivity index (χ2v) is 8.47. The van der Waals surface area contributed by atoms with Gasteiger partial charge in [-0.25, -0.2) is 17.6 Å². The molecule has 0 spiro atoms. The third-order valence-electron chi connectivity index (χ3n) is 3.95. The van der Waals surface area contributed by atoms with E-state index in [1.165, 1.54) is 18.2 Å². The van der Waals surface area contributed by atoms with Gasteiger partial charge in [-0.1, -0.05) is 23.7 Å². The summed E-state index contributed by atoms with van der Waals surface area (Å²) < 4.78 is 85.7. The van der Waals surface area contributed by atoms with Crippen molar-refractivity contribution < 1.29 is 45.4 Å². The largest absolute Gasteiger partial charge is 0.501 e. The van der Waals surface area contributed by atoms with Gasteiger partial charge < -0.3 is 14.6 Å². The monoisotopic (exact) mass is 478 g/mol. The molecule has 0 atom stereocenters. The molecule has 3 aromatic rings. The van der Waals surface area contributed by atoms with Gasteiger partial charge in [0.15, 0.2) is 18.2 Å². The number of halogens is 5. The Morgan fingerprint density at radius 1 is 1.00 bits per heavy atom. The van der Waals surface area contributed by atoms with Crippen molar-refractivity contribution in [3.05, 3.63) is 59.4 Å². The molecular weight excluding hydrogens is 468 g/mol. The first-order valence-corrected chi connectivity index (χ1v) is 10.1. The molecule has 164 valence electrons. The highest BCUT2D eigenvalue weighted by Crippen LogP contribution is 2.38. The quantitative estimate of drug-likeness (QED) is 0.491. The maximum absolute atomic E-state index is 14.4. The van der Waals surface area contributed by atoms with Gasteiger partial charge in [0, 0.05) is 0 Å². The Bertz CT molecular complexity index is 1250. The number of ether oxygens (including phenoxy) is 2. The average molecular weight is 479 g/mol. The molecule has 12 heteroatoms. The number of fused-ring (bicyclic) bond motifs is 1. The number of rotatable bonds is 6. The molecule has 3 aromatic carbocycles. The van der Waals surface area contributed by atoms with Crippen molar-refractivity contribution in [1.82, 2.24) is 0 Å². The first-order chi connectivity index (χ1) is 14.4. The SMILES string of the molecule is O=C(O)COc1ccc2ccc(Oc3c(F)cc(S(=O)(=O)C(F)(F)F)cc3Cl)cc2c1. The lowest BCUT2D eigenvalue weighted by Crippen LogP contribution is -2.23.